The summed E-state index contributed by atoms with van der Waals surface area (Å²) in [6.45, 7) is 0. The van der Waals surface area contributed by atoms with E-state index < -0.39 is 0 Å². The van der Waals surface area contributed by atoms with Crippen molar-refractivity contribution in [2.75, 3.05) is 7.11 Å². The van der Waals surface area contributed by atoms with E-state index in [2.05, 4.69) is 22.0 Å². The second kappa shape index (κ2) is 5.70. The number of carbonyl (C=O) groups is 1. The van der Waals surface area contributed by atoms with Crippen LogP contribution in [0.2, 0.25) is 0 Å². The van der Waals surface area contributed by atoms with Gasteiger partial charge in [-0.05, 0) is 71.4 Å². The van der Waals surface area contributed by atoms with Gasteiger partial charge in [0.05, 0.1) is 16.5 Å². The molecule has 1 aliphatic rings. The lowest BCUT2D eigenvalue weighted by atomic mass is 9.98. The van der Waals surface area contributed by atoms with E-state index in [0.717, 1.165) is 27.9 Å². The summed E-state index contributed by atoms with van der Waals surface area (Å²) < 4.78 is 6.01. The molecule has 2 nitrogen and oxygen atoms in total. The van der Waals surface area contributed by atoms with Crippen molar-refractivity contribution in [3.8, 4) is 5.75 Å². The first-order chi connectivity index (χ1) is 9.69. The van der Waals surface area contributed by atoms with Gasteiger partial charge in [0.2, 0.25) is 5.78 Å². The van der Waals surface area contributed by atoms with Crippen molar-refractivity contribution in [3.05, 3.63) is 49.6 Å². The maximum Gasteiger partial charge on any atom is 0.203 e. The first-order valence-electron chi connectivity index (χ1n) is 6.69. The van der Waals surface area contributed by atoms with Gasteiger partial charge in [-0.15, -0.1) is 11.3 Å². The SMILES string of the molecule is COc1ccc(C(=O)c2cc3c(s2)CCCC3)cc1Br. The van der Waals surface area contributed by atoms with Gasteiger partial charge in [-0.2, -0.15) is 0 Å². The fourth-order valence-electron chi connectivity index (χ4n) is 2.55. The monoisotopic (exact) mass is 350 g/mol. The highest BCUT2D eigenvalue weighted by Gasteiger charge is 2.18. The molecular formula is C16H15BrO2S. The van der Waals surface area contributed by atoms with Gasteiger partial charge >= 0.3 is 0 Å². The number of thiophene rings is 1. The van der Waals surface area contributed by atoms with E-state index in [9.17, 15) is 4.79 Å². The van der Waals surface area contributed by atoms with E-state index in [0.29, 0.717) is 5.56 Å². The molecule has 0 N–H and O–H groups in total. The van der Waals surface area contributed by atoms with Crippen LogP contribution in [-0.4, -0.2) is 12.9 Å². The van der Waals surface area contributed by atoms with E-state index in [1.807, 2.05) is 18.2 Å². The number of carbonyl (C=O) groups excluding carboxylic acids is 1. The summed E-state index contributed by atoms with van der Waals surface area (Å²) in [5.41, 5.74) is 2.08. The van der Waals surface area contributed by atoms with Gasteiger partial charge in [0, 0.05) is 10.4 Å². The van der Waals surface area contributed by atoms with Gasteiger partial charge in [0.25, 0.3) is 0 Å². The van der Waals surface area contributed by atoms with Gasteiger partial charge in [-0.3, -0.25) is 4.79 Å². The predicted octanol–water partition coefficient (Wildman–Crippen LogP) is 4.63. The zero-order valence-corrected chi connectivity index (χ0v) is 13.6. The molecule has 0 radical (unpaired) electrons. The van der Waals surface area contributed by atoms with Gasteiger partial charge in [-0.25, -0.2) is 0 Å². The molecule has 20 heavy (non-hydrogen) atoms. The minimum Gasteiger partial charge on any atom is -0.496 e. The molecule has 104 valence electrons. The Hall–Kier alpha value is -1.13. The van der Waals surface area contributed by atoms with Crippen LogP contribution in [-0.2, 0) is 12.8 Å². The normalized spacial score (nSPS) is 13.9. The Balaban J connectivity index is 1.92. The van der Waals surface area contributed by atoms with E-state index >= 15 is 0 Å². The number of ether oxygens (including phenoxy) is 1. The molecule has 0 aliphatic heterocycles. The van der Waals surface area contributed by atoms with Gasteiger partial charge < -0.3 is 4.74 Å². The molecule has 1 aliphatic carbocycles. The predicted molar refractivity (Wildman–Crippen MR) is 85.1 cm³/mol. The van der Waals surface area contributed by atoms with Crippen LogP contribution >= 0.6 is 27.3 Å². The first kappa shape index (κ1) is 13.8. The molecule has 0 unspecified atom stereocenters. The molecule has 0 saturated carbocycles. The quantitative estimate of drug-likeness (QED) is 0.754. The Morgan fingerprint density at radius 3 is 2.75 bits per heavy atom. The van der Waals surface area contributed by atoms with E-state index in [4.69, 9.17) is 4.74 Å². The molecule has 0 fully saturated rings. The Morgan fingerprint density at radius 1 is 1.25 bits per heavy atom. The molecule has 0 atom stereocenters. The summed E-state index contributed by atoms with van der Waals surface area (Å²) >= 11 is 5.09. The van der Waals surface area contributed by atoms with Crippen LogP contribution in [0.5, 0.6) is 5.75 Å². The third kappa shape index (κ3) is 2.54. The topological polar surface area (TPSA) is 26.3 Å². The third-order valence-electron chi connectivity index (χ3n) is 3.63. The van der Waals surface area contributed by atoms with Crippen LogP contribution in [0.25, 0.3) is 0 Å². The maximum atomic E-state index is 12.6. The average Bonchev–Trinajstić information content (AvgIpc) is 2.90. The molecule has 1 aromatic heterocycles. The summed E-state index contributed by atoms with van der Waals surface area (Å²) in [6.07, 6.45) is 4.73. The average molecular weight is 351 g/mol. The zero-order valence-electron chi connectivity index (χ0n) is 11.2. The minimum atomic E-state index is 0.104. The lowest BCUT2D eigenvalue weighted by molar-refractivity contribution is 0.104. The standard InChI is InChI=1S/C16H15BrO2S/c1-19-13-7-6-11(8-12(13)17)16(18)15-9-10-4-2-3-5-14(10)20-15/h6-9H,2-5H2,1H3. The lowest BCUT2D eigenvalue weighted by Crippen LogP contribution is -1.99. The van der Waals surface area contributed by atoms with Crippen molar-refractivity contribution in [1.82, 2.24) is 0 Å². The minimum absolute atomic E-state index is 0.104. The molecule has 1 aromatic carbocycles. The highest BCUT2D eigenvalue weighted by molar-refractivity contribution is 9.10. The number of benzene rings is 1. The van der Waals surface area contributed by atoms with Crippen LogP contribution in [0, 0.1) is 0 Å². The number of halogens is 1. The van der Waals surface area contributed by atoms with Crippen LogP contribution < -0.4 is 4.74 Å². The summed E-state index contributed by atoms with van der Waals surface area (Å²) in [5, 5.41) is 0. The Bertz CT molecular complexity index is 637. The highest BCUT2D eigenvalue weighted by Crippen LogP contribution is 2.32. The molecule has 2 aromatic rings. The van der Waals surface area contributed by atoms with E-state index in [1.54, 1.807) is 18.4 Å². The van der Waals surface area contributed by atoms with Crippen LogP contribution in [0.3, 0.4) is 0 Å². The number of fused-ring (bicyclic) bond motifs is 1. The fourth-order valence-corrected chi connectivity index (χ4v) is 4.31. The van der Waals surface area contributed by atoms with Gasteiger partial charge in [0.1, 0.15) is 5.75 Å². The van der Waals surface area contributed by atoms with Crippen molar-refractivity contribution in [3.63, 3.8) is 0 Å². The maximum absolute atomic E-state index is 12.6. The molecule has 0 spiro atoms. The molecule has 0 saturated heterocycles. The van der Waals surface area contributed by atoms with Crippen LogP contribution in [0.15, 0.2) is 28.7 Å². The second-order valence-electron chi connectivity index (χ2n) is 4.94. The molecule has 1 heterocycles. The molecule has 4 heteroatoms. The summed E-state index contributed by atoms with van der Waals surface area (Å²) in [7, 11) is 1.62. The van der Waals surface area contributed by atoms with Crippen LogP contribution in [0.4, 0.5) is 0 Å². The second-order valence-corrected chi connectivity index (χ2v) is 6.94. The number of hydrogen-bond acceptors (Lipinski definition) is 3. The van der Waals surface area contributed by atoms with Crippen molar-refractivity contribution in [2.45, 2.75) is 25.7 Å². The Labute approximate surface area is 130 Å². The number of hydrogen-bond donors (Lipinski definition) is 0. The summed E-state index contributed by atoms with van der Waals surface area (Å²) in [4.78, 5) is 14.8. The number of methoxy groups -OCH3 is 1. The van der Waals surface area contributed by atoms with Crippen molar-refractivity contribution >= 4 is 33.0 Å². The van der Waals surface area contributed by atoms with Crippen molar-refractivity contribution in [1.29, 1.82) is 0 Å². The molecular weight excluding hydrogens is 336 g/mol. The Morgan fingerprint density at radius 2 is 2.05 bits per heavy atom. The van der Waals surface area contributed by atoms with Crippen molar-refractivity contribution in [2.24, 2.45) is 0 Å². The van der Waals surface area contributed by atoms with Crippen molar-refractivity contribution < 1.29 is 9.53 Å². The molecule has 0 bridgehead atoms. The summed E-state index contributed by atoms with van der Waals surface area (Å²) in [6, 6.07) is 7.56. The first-order valence-corrected chi connectivity index (χ1v) is 8.30. The van der Waals surface area contributed by atoms with E-state index in [1.165, 1.54) is 23.3 Å². The number of ketones is 1. The number of rotatable bonds is 3. The Kier molecular flexibility index (Phi) is 3.94. The fraction of sp³-hybridized carbons (Fsp3) is 0.312. The highest BCUT2D eigenvalue weighted by atomic mass is 79.9. The molecule has 0 amide bonds. The van der Waals surface area contributed by atoms with Gasteiger partial charge in [-0.1, -0.05) is 0 Å². The lowest BCUT2D eigenvalue weighted by Gasteiger charge is -2.08. The molecule has 3 rings (SSSR count). The number of aryl methyl sites for hydroxylation is 2. The summed E-state index contributed by atoms with van der Waals surface area (Å²) in [5.74, 6) is 0.847. The van der Waals surface area contributed by atoms with Gasteiger partial charge in [0.15, 0.2) is 0 Å². The van der Waals surface area contributed by atoms with E-state index in [-0.39, 0.29) is 5.78 Å². The largest absolute Gasteiger partial charge is 0.496 e. The zero-order chi connectivity index (χ0) is 14.1. The smallest absolute Gasteiger partial charge is 0.203 e. The van der Waals surface area contributed by atoms with Crippen LogP contribution in [0.1, 0.15) is 38.5 Å². The third-order valence-corrected chi connectivity index (χ3v) is 5.49.